The molecule has 0 spiro atoms. The van der Waals surface area contributed by atoms with Crippen molar-refractivity contribution in [3.8, 4) is 11.5 Å². The molecule has 0 bridgehead atoms. The van der Waals surface area contributed by atoms with Crippen molar-refractivity contribution in [3.05, 3.63) is 29.8 Å². The molecule has 0 aliphatic carbocycles. The summed E-state index contributed by atoms with van der Waals surface area (Å²) in [6, 6.07) is 5.41. The maximum Gasteiger partial charge on any atom is 0.328 e. The standard InChI is InChI=1S/C20H30O4/c1-3-4-5-6-7-8-9-10-15-24-19-16-17(12-14-20(21)22)11-13-18(19)23-2/h11-14,16H,3-10,15H2,1-2H3,(H,21,22)/b14-12+. The Morgan fingerprint density at radius 2 is 1.71 bits per heavy atom. The van der Waals surface area contributed by atoms with Gasteiger partial charge in [-0.1, -0.05) is 57.9 Å². The van der Waals surface area contributed by atoms with Crippen molar-refractivity contribution in [1.82, 2.24) is 0 Å². The highest BCUT2D eigenvalue weighted by Crippen LogP contribution is 2.28. The third-order valence-corrected chi connectivity index (χ3v) is 3.86. The topological polar surface area (TPSA) is 55.8 Å². The fourth-order valence-electron chi connectivity index (χ4n) is 2.50. The molecule has 0 atom stereocenters. The first-order chi connectivity index (χ1) is 11.7. The minimum absolute atomic E-state index is 0.650. The van der Waals surface area contributed by atoms with E-state index in [0.29, 0.717) is 18.1 Å². The average molecular weight is 334 g/mol. The predicted octanol–water partition coefficient (Wildman–Crippen LogP) is 5.31. The number of carbonyl (C=O) groups is 1. The fourth-order valence-corrected chi connectivity index (χ4v) is 2.50. The molecule has 1 aromatic rings. The molecule has 4 heteroatoms. The van der Waals surface area contributed by atoms with Crippen LogP contribution in [0.4, 0.5) is 0 Å². The molecule has 0 saturated carbocycles. The highest BCUT2D eigenvalue weighted by molar-refractivity contribution is 5.85. The number of hydrogen-bond acceptors (Lipinski definition) is 3. The highest BCUT2D eigenvalue weighted by atomic mass is 16.5. The Balaban J connectivity index is 2.35. The number of carboxylic acid groups (broad SMARTS) is 1. The second kappa shape index (κ2) is 12.5. The normalized spacial score (nSPS) is 10.9. The van der Waals surface area contributed by atoms with Crippen LogP contribution in [0.15, 0.2) is 24.3 Å². The van der Waals surface area contributed by atoms with Crippen LogP contribution in [0.1, 0.15) is 63.9 Å². The van der Waals surface area contributed by atoms with Gasteiger partial charge in [-0.2, -0.15) is 0 Å². The Morgan fingerprint density at radius 3 is 2.33 bits per heavy atom. The maximum absolute atomic E-state index is 10.6. The van der Waals surface area contributed by atoms with Crippen LogP contribution in [0.5, 0.6) is 11.5 Å². The van der Waals surface area contributed by atoms with Gasteiger partial charge in [0.2, 0.25) is 0 Å². The van der Waals surface area contributed by atoms with Crippen molar-refractivity contribution in [2.45, 2.75) is 58.3 Å². The van der Waals surface area contributed by atoms with E-state index in [-0.39, 0.29) is 0 Å². The second-order valence-corrected chi connectivity index (χ2v) is 5.91. The zero-order valence-electron chi connectivity index (χ0n) is 14.9. The summed E-state index contributed by atoms with van der Waals surface area (Å²) < 4.78 is 11.1. The fraction of sp³-hybridized carbons (Fsp3) is 0.550. The first-order valence-electron chi connectivity index (χ1n) is 8.89. The largest absolute Gasteiger partial charge is 0.493 e. The van der Waals surface area contributed by atoms with E-state index in [1.807, 2.05) is 6.07 Å². The number of methoxy groups -OCH3 is 1. The molecular formula is C20H30O4. The van der Waals surface area contributed by atoms with Crippen LogP contribution in [0.3, 0.4) is 0 Å². The smallest absolute Gasteiger partial charge is 0.328 e. The molecule has 134 valence electrons. The lowest BCUT2D eigenvalue weighted by Crippen LogP contribution is -2.00. The lowest BCUT2D eigenvalue weighted by atomic mass is 10.1. The molecule has 4 nitrogen and oxygen atoms in total. The summed E-state index contributed by atoms with van der Waals surface area (Å²) >= 11 is 0. The molecule has 0 aromatic heterocycles. The van der Waals surface area contributed by atoms with Gasteiger partial charge in [-0.25, -0.2) is 4.79 Å². The van der Waals surface area contributed by atoms with Crippen LogP contribution in [0, 0.1) is 0 Å². The monoisotopic (exact) mass is 334 g/mol. The first-order valence-corrected chi connectivity index (χ1v) is 8.89. The Morgan fingerprint density at radius 1 is 1.04 bits per heavy atom. The molecule has 0 fully saturated rings. The maximum atomic E-state index is 10.6. The van der Waals surface area contributed by atoms with Gasteiger partial charge in [-0.3, -0.25) is 0 Å². The second-order valence-electron chi connectivity index (χ2n) is 5.91. The quantitative estimate of drug-likeness (QED) is 0.392. The summed E-state index contributed by atoms with van der Waals surface area (Å²) in [5.41, 5.74) is 0.782. The molecule has 24 heavy (non-hydrogen) atoms. The lowest BCUT2D eigenvalue weighted by molar-refractivity contribution is -0.131. The average Bonchev–Trinajstić information content (AvgIpc) is 2.58. The van der Waals surface area contributed by atoms with Gasteiger partial charge in [0.25, 0.3) is 0 Å². The number of hydrogen-bond donors (Lipinski definition) is 1. The van der Waals surface area contributed by atoms with Gasteiger partial charge in [0.1, 0.15) is 0 Å². The molecule has 0 aliphatic heterocycles. The third kappa shape index (κ3) is 8.61. The van der Waals surface area contributed by atoms with E-state index in [4.69, 9.17) is 14.6 Å². The van der Waals surface area contributed by atoms with Crippen molar-refractivity contribution in [1.29, 1.82) is 0 Å². The third-order valence-electron chi connectivity index (χ3n) is 3.86. The number of ether oxygens (including phenoxy) is 2. The molecule has 1 rings (SSSR count). The molecule has 0 aliphatic rings. The molecule has 1 aromatic carbocycles. The number of rotatable bonds is 13. The summed E-state index contributed by atoms with van der Waals surface area (Å²) in [5.74, 6) is 0.363. The number of aliphatic carboxylic acids is 1. The minimum Gasteiger partial charge on any atom is -0.493 e. The lowest BCUT2D eigenvalue weighted by Gasteiger charge is -2.11. The minimum atomic E-state index is -0.966. The van der Waals surface area contributed by atoms with Crippen molar-refractivity contribution >= 4 is 12.0 Å². The number of carboxylic acids is 1. The van der Waals surface area contributed by atoms with E-state index in [1.165, 1.54) is 44.9 Å². The van der Waals surface area contributed by atoms with Crippen molar-refractivity contribution in [2.24, 2.45) is 0 Å². The van der Waals surface area contributed by atoms with Crippen molar-refractivity contribution in [2.75, 3.05) is 13.7 Å². The molecular weight excluding hydrogens is 304 g/mol. The van der Waals surface area contributed by atoms with Crippen LogP contribution >= 0.6 is 0 Å². The predicted molar refractivity (Wildman–Crippen MR) is 97.8 cm³/mol. The van der Waals surface area contributed by atoms with Crippen LogP contribution < -0.4 is 9.47 Å². The van der Waals surface area contributed by atoms with Gasteiger partial charge in [0, 0.05) is 6.08 Å². The Labute approximate surface area is 145 Å². The van der Waals surface area contributed by atoms with Gasteiger partial charge < -0.3 is 14.6 Å². The first kappa shape index (κ1) is 20.1. The van der Waals surface area contributed by atoms with Gasteiger partial charge in [-0.05, 0) is 30.2 Å². The number of benzene rings is 1. The molecule has 1 N–H and O–H groups in total. The van der Waals surface area contributed by atoms with Gasteiger partial charge in [0.15, 0.2) is 11.5 Å². The Hall–Kier alpha value is -1.97. The highest BCUT2D eigenvalue weighted by Gasteiger charge is 2.05. The van der Waals surface area contributed by atoms with Gasteiger partial charge >= 0.3 is 5.97 Å². The van der Waals surface area contributed by atoms with Crippen molar-refractivity contribution < 1.29 is 19.4 Å². The van der Waals surface area contributed by atoms with Gasteiger partial charge in [-0.15, -0.1) is 0 Å². The molecule has 0 radical (unpaired) electrons. The van der Waals surface area contributed by atoms with E-state index in [2.05, 4.69) is 6.92 Å². The van der Waals surface area contributed by atoms with E-state index in [0.717, 1.165) is 18.1 Å². The van der Waals surface area contributed by atoms with E-state index in [1.54, 1.807) is 25.3 Å². The zero-order valence-corrected chi connectivity index (χ0v) is 14.9. The van der Waals surface area contributed by atoms with Gasteiger partial charge in [0.05, 0.1) is 13.7 Å². The SMILES string of the molecule is CCCCCCCCCCOc1cc(/C=C/C(=O)O)ccc1OC. The molecule has 0 amide bonds. The van der Waals surface area contributed by atoms with E-state index < -0.39 is 5.97 Å². The van der Waals surface area contributed by atoms with Crippen molar-refractivity contribution in [3.63, 3.8) is 0 Å². The van der Waals surface area contributed by atoms with E-state index in [9.17, 15) is 4.79 Å². The summed E-state index contributed by atoms with van der Waals surface area (Å²) in [6.07, 6.45) is 12.7. The van der Waals surface area contributed by atoms with Crippen LogP contribution in [0.25, 0.3) is 6.08 Å². The van der Waals surface area contributed by atoms with Crippen LogP contribution in [0.2, 0.25) is 0 Å². The van der Waals surface area contributed by atoms with Crippen LogP contribution in [-0.4, -0.2) is 24.8 Å². The number of unbranched alkanes of at least 4 members (excludes halogenated alkanes) is 7. The summed E-state index contributed by atoms with van der Waals surface area (Å²) in [5, 5.41) is 8.69. The summed E-state index contributed by atoms with van der Waals surface area (Å²) in [7, 11) is 1.60. The Kier molecular flexibility index (Phi) is 10.4. The zero-order chi connectivity index (χ0) is 17.6. The summed E-state index contributed by atoms with van der Waals surface area (Å²) in [6.45, 7) is 2.88. The molecule has 0 saturated heterocycles. The Bertz CT molecular complexity index is 508. The molecule has 0 heterocycles. The van der Waals surface area contributed by atoms with Crippen LogP contribution in [-0.2, 0) is 4.79 Å². The molecule has 0 unspecified atom stereocenters. The summed E-state index contributed by atoms with van der Waals surface area (Å²) in [4.78, 5) is 10.6. The van der Waals surface area contributed by atoms with E-state index >= 15 is 0 Å².